The molecule has 0 spiro atoms. The van der Waals surface area contributed by atoms with E-state index < -0.39 is 12.1 Å². The van der Waals surface area contributed by atoms with Gasteiger partial charge in [0.2, 0.25) is 11.8 Å². The molecule has 1 aliphatic carbocycles. The molecule has 3 aromatic rings. The molecular formula is C31H33N5O3. The predicted molar refractivity (Wildman–Crippen MR) is 150 cm³/mol. The molecule has 0 radical (unpaired) electrons. The first-order valence-electron chi connectivity index (χ1n) is 13.6. The Bertz CT molecular complexity index is 1510. The van der Waals surface area contributed by atoms with Crippen LogP contribution in [0.5, 0.6) is 0 Å². The first-order chi connectivity index (χ1) is 18.7. The molecule has 0 saturated heterocycles. The predicted octanol–water partition coefficient (Wildman–Crippen LogP) is 4.80. The van der Waals surface area contributed by atoms with E-state index in [9.17, 15) is 19.6 Å². The minimum Gasteiger partial charge on any atom is -0.342 e. The molecular weight excluding hydrogens is 490 g/mol. The lowest BCUT2D eigenvalue weighted by atomic mass is 9.99. The fourth-order valence-electron chi connectivity index (χ4n) is 5.45. The molecule has 0 unspecified atom stereocenters. The third kappa shape index (κ3) is 4.85. The Hall–Kier alpha value is -4.25. The minimum absolute atomic E-state index is 0.233. The van der Waals surface area contributed by atoms with Crippen LogP contribution in [0.15, 0.2) is 48.7 Å². The topological polar surface area (TPSA) is 106 Å². The number of nitrogens with zero attached hydrogens (tertiary/aromatic N) is 4. The van der Waals surface area contributed by atoms with Crippen LogP contribution in [0.2, 0.25) is 0 Å². The largest absolute Gasteiger partial charge is 0.342 e. The van der Waals surface area contributed by atoms with Gasteiger partial charge >= 0.3 is 0 Å². The summed E-state index contributed by atoms with van der Waals surface area (Å²) in [5.74, 6) is -0.692. The number of anilines is 2. The first kappa shape index (κ1) is 26.4. The Morgan fingerprint density at radius 1 is 1.18 bits per heavy atom. The van der Waals surface area contributed by atoms with Crippen molar-refractivity contribution >= 4 is 40.0 Å². The molecule has 3 amide bonds. The normalized spacial score (nSPS) is 19.7. The highest BCUT2D eigenvalue weighted by molar-refractivity contribution is 6.08. The van der Waals surface area contributed by atoms with Crippen molar-refractivity contribution in [2.75, 3.05) is 9.80 Å². The van der Waals surface area contributed by atoms with Gasteiger partial charge in [0.25, 0.3) is 5.91 Å². The van der Waals surface area contributed by atoms with Gasteiger partial charge in [-0.2, -0.15) is 5.26 Å². The van der Waals surface area contributed by atoms with Crippen LogP contribution in [0.25, 0.3) is 10.9 Å². The second-order valence-electron chi connectivity index (χ2n) is 10.6. The molecule has 1 N–H and O–H groups in total. The average Bonchev–Trinajstić information content (AvgIpc) is 3.79. The van der Waals surface area contributed by atoms with Crippen LogP contribution in [0.4, 0.5) is 11.4 Å². The fraction of sp³-hybridized carbons (Fsp3) is 0.387. The number of pyridine rings is 1. The second kappa shape index (κ2) is 10.5. The fourth-order valence-corrected chi connectivity index (χ4v) is 5.45. The van der Waals surface area contributed by atoms with E-state index in [-0.39, 0.29) is 30.2 Å². The number of carbonyl (C=O) groups excluding carboxylic acids is 3. The number of rotatable bonds is 6. The van der Waals surface area contributed by atoms with Crippen molar-refractivity contribution in [3.63, 3.8) is 0 Å². The summed E-state index contributed by atoms with van der Waals surface area (Å²) in [4.78, 5) is 48.4. The molecule has 1 saturated carbocycles. The summed E-state index contributed by atoms with van der Waals surface area (Å²) in [5, 5.41) is 13.6. The number of benzene rings is 2. The van der Waals surface area contributed by atoms with Crippen LogP contribution in [-0.4, -0.2) is 34.8 Å². The van der Waals surface area contributed by atoms with Gasteiger partial charge in [-0.25, -0.2) is 0 Å². The standard InChI is InChI=1S/C31H33N5O3/c1-5-18(2)30(38)34-29-19(3)36(20(4)37)28-14-21(15-32)10-13-27(28)35(31(29)39)17-25-23-8-6-7-9-26(23)33-16-24(25)22-11-12-22/h6-10,13-14,16,18-19,22,29H,5,11-12,17H2,1-4H3,(H,34,38)/t18-,19+,29+/m1/s1. The van der Waals surface area contributed by atoms with Gasteiger partial charge in [0.15, 0.2) is 0 Å². The summed E-state index contributed by atoms with van der Waals surface area (Å²) >= 11 is 0. The van der Waals surface area contributed by atoms with E-state index in [1.807, 2.05) is 44.3 Å². The van der Waals surface area contributed by atoms with Crippen LogP contribution >= 0.6 is 0 Å². The van der Waals surface area contributed by atoms with E-state index in [4.69, 9.17) is 0 Å². The van der Waals surface area contributed by atoms with Crippen molar-refractivity contribution in [3.05, 3.63) is 65.4 Å². The average molecular weight is 524 g/mol. The zero-order valence-corrected chi connectivity index (χ0v) is 22.8. The lowest BCUT2D eigenvalue weighted by molar-refractivity contribution is -0.130. The summed E-state index contributed by atoms with van der Waals surface area (Å²) < 4.78 is 0. The third-order valence-corrected chi connectivity index (χ3v) is 8.03. The molecule has 200 valence electrons. The Morgan fingerprint density at radius 3 is 2.59 bits per heavy atom. The molecule has 0 bridgehead atoms. The van der Waals surface area contributed by atoms with E-state index in [1.54, 1.807) is 30.0 Å². The van der Waals surface area contributed by atoms with Gasteiger partial charge in [0.1, 0.15) is 6.04 Å². The summed E-state index contributed by atoms with van der Waals surface area (Å²) in [6.07, 6.45) is 4.70. The highest BCUT2D eigenvalue weighted by Crippen LogP contribution is 2.44. The van der Waals surface area contributed by atoms with Crippen LogP contribution in [0, 0.1) is 17.2 Å². The van der Waals surface area contributed by atoms with Crippen LogP contribution in [-0.2, 0) is 20.9 Å². The first-order valence-corrected chi connectivity index (χ1v) is 13.6. The van der Waals surface area contributed by atoms with E-state index in [1.165, 1.54) is 11.8 Å². The maximum atomic E-state index is 14.4. The number of aromatic nitrogens is 1. The molecule has 2 aromatic carbocycles. The van der Waals surface area contributed by atoms with Crippen LogP contribution < -0.4 is 15.1 Å². The second-order valence-corrected chi connectivity index (χ2v) is 10.6. The number of amides is 3. The maximum Gasteiger partial charge on any atom is 0.252 e. The molecule has 1 aromatic heterocycles. The number of fused-ring (bicyclic) bond motifs is 2. The maximum absolute atomic E-state index is 14.4. The number of hydrogen-bond donors (Lipinski definition) is 1. The Kier molecular flexibility index (Phi) is 7.09. The van der Waals surface area contributed by atoms with E-state index in [0.29, 0.717) is 29.3 Å². The zero-order chi connectivity index (χ0) is 27.8. The monoisotopic (exact) mass is 523 g/mol. The van der Waals surface area contributed by atoms with E-state index >= 15 is 0 Å². The van der Waals surface area contributed by atoms with Gasteiger partial charge in [-0.1, -0.05) is 32.0 Å². The van der Waals surface area contributed by atoms with Crippen molar-refractivity contribution in [1.82, 2.24) is 10.3 Å². The van der Waals surface area contributed by atoms with Gasteiger partial charge in [0, 0.05) is 24.4 Å². The molecule has 1 fully saturated rings. The number of hydrogen-bond acceptors (Lipinski definition) is 5. The number of nitrogens with one attached hydrogen (secondary N) is 1. The molecule has 5 rings (SSSR count). The molecule has 2 aliphatic rings. The number of carbonyl (C=O) groups is 3. The summed E-state index contributed by atoms with van der Waals surface area (Å²) in [6.45, 7) is 7.20. The molecule has 39 heavy (non-hydrogen) atoms. The summed E-state index contributed by atoms with van der Waals surface area (Å²) in [6, 6.07) is 13.5. The van der Waals surface area contributed by atoms with E-state index in [2.05, 4.69) is 16.4 Å². The Balaban J connectivity index is 1.70. The SMILES string of the molecule is CC[C@@H](C)C(=O)N[C@@H]1C(=O)N(Cc2c(C3CC3)cnc3ccccc23)c2ccc(C#N)cc2N(C(C)=O)[C@H]1C. The van der Waals surface area contributed by atoms with Gasteiger partial charge in [-0.15, -0.1) is 0 Å². The van der Waals surface area contributed by atoms with Crippen molar-refractivity contribution in [2.24, 2.45) is 5.92 Å². The summed E-state index contributed by atoms with van der Waals surface area (Å²) in [7, 11) is 0. The van der Waals surface area contributed by atoms with Crippen LogP contribution in [0.3, 0.4) is 0 Å². The molecule has 8 nitrogen and oxygen atoms in total. The molecule has 1 aliphatic heterocycles. The number of nitriles is 1. The Labute approximate surface area is 228 Å². The summed E-state index contributed by atoms with van der Waals surface area (Å²) in [5.41, 5.74) is 4.38. The van der Waals surface area contributed by atoms with Crippen molar-refractivity contribution in [3.8, 4) is 6.07 Å². The number of para-hydroxylation sites is 1. The molecule has 3 atom stereocenters. The smallest absolute Gasteiger partial charge is 0.252 e. The van der Waals surface area contributed by atoms with Gasteiger partial charge in [-0.05, 0) is 67.5 Å². The zero-order valence-electron chi connectivity index (χ0n) is 22.8. The van der Waals surface area contributed by atoms with Gasteiger partial charge < -0.3 is 15.1 Å². The lowest BCUT2D eigenvalue weighted by Crippen LogP contribution is -2.58. The molecule has 8 heteroatoms. The van der Waals surface area contributed by atoms with Crippen molar-refractivity contribution < 1.29 is 14.4 Å². The lowest BCUT2D eigenvalue weighted by Gasteiger charge is -2.32. The van der Waals surface area contributed by atoms with Crippen LogP contribution in [0.1, 0.15) is 69.6 Å². The highest BCUT2D eigenvalue weighted by Gasteiger charge is 2.42. The van der Waals surface area contributed by atoms with Crippen molar-refractivity contribution in [2.45, 2.75) is 71.5 Å². The quantitative estimate of drug-likeness (QED) is 0.499. The highest BCUT2D eigenvalue weighted by atomic mass is 16.2. The van der Waals surface area contributed by atoms with E-state index in [0.717, 1.165) is 34.9 Å². The Morgan fingerprint density at radius 2 is 1.92 bits per heavy atom. The van der Waals surface area contributed by atoms with Crippen molar-refractivity contribution in [1.29, 1.82) is 5.26 Å². The third-order valence-electron chi connectivity index (χ3n) is 8.03. The molecule has 2 heterocycles. The van der Waals surface area contributed by atoms with Gasteiger partial charge in [-0.3, -0.25) is 19.4 Å². The minimum atomic E-state index is -0.967. The van der Waals surface area contributed by atoms with Gasteiger partial charge in [0.05, 0.1) is 41.1 Å².